The van der Waals surface area contributed by atoms with Crippen molar-refractivity contribution in [3.05, 3.63) is 11.1 Å². The first-order valence-electron chi connectivity index (χ1n) is 7.11. The second kappa shape index (κ2) is 8.27. The molecule has 1 aromatic heterocycles. The molecule has 1 amide bonds. The van der Waals surface area contributed by atoms with E-state index < -0.39 is 0 Å². The molecular formula is C14H25N3OS. The van der Waals surface area contributed by atoms with E-state index in [-0.39, 0.29) is 17.9 Å². The molecule has 19 heavy (non-hydrogen) atoms. The summed E-state index contributed by atoms with van der Waals surface area (Å²) < 4.78 is 0. The fraction of sp³-hybridized carbons (Fsp3) is 0.714. The van der Waals surface area contributed by atoms with Gasteiger partial charge in [-0.25, -0.2) is 4.98 Å². The number of anilines is 1. The molecular weight excluding hydrogens is 258 g/mol. The lowest BCUT2D eigenvalue weighted by atomic mass is 10.0. The van der Waals surface area contributed by atoms with Crippen molar-refractivity contribution in [2.75, 3.05) is 11.9 Å². The summed E-state index contributed by atoms with van der Waals surface area (Å²) in [6.45, 7) is 9.29. The molecule has 4 nitrogen and oxygen atoms in total. The van der Waals surface area contributed by atoms with Gasteiger partial charge in [-0.15, -0.1) is 11.3 Å². The van der Waals surface area contributed by atoms with Gasteiger partial charge >= 0.3 is 0 Å². The van der Waals surface area contributed by atoms with Crippen LogP contribution in [-0.2, 0) is 4.79 Å². The Hall–Kier alpha value is -0.940. The summed E-state index contributed by atoms with van der Waals surface area (Å²) in [5.41, 5.74) is 0.998. The molecule has 1 rings (SSSR count). The van der Waals surface area contributed by atoms with Crippen LogP contribution in [0.1, 0.15) is 58.7 Å². The smallest absolute Gasteiger partial charge is 0.229 e. The van der Waals surface area contributed by atoms with Crippen LogP contribution >= 0.6 is 11.3 Å². The number of carbonyl (C=O) groups excluding carboxylic acids is 1. The van der Waals surface area contributed by atoms with Crippen molar-refractivity contribution < 1.29 is 4.79 Å². The fourth-order valence-electron chi connectivity index (χ4n) is 1.87. The number of amides is 1. The maximum atomic E-state index is 12.0. The van der Waals surface area contributed by atoms with Crippen molar-refractivity contribution in [1.29, 1.82) is 0 Å². The van der Waals surface area contributed by atoms with E-state index in [4.69, 9.17) is 0 Å². The van der Waals surface area contributed by atoms with Crippen LogP contribution in [0.5, 0.6) is 0 Å². The number of rotatable bonds is 8. The fourth-order valence-corrected chi connectivity index (χ4v) is 2.68. The van der Waals surface area contributed by atoms with E-state index in [9.17, 15) is 4.79 Å². The monoisotopic (exact) mass is 283 g/mol. The Morgan fingerprint density at radius 3 is 2.63 bits per heavy atom. The van der Waals surface area contributed by atoms with E-state index in [2.05, 4.69) is 29.5 Å². The zero-order valence-corrected chi connectivity index (χ0v) is 13.1. The number of nitrogens with one attached hydrogen (secondary N) is 2. The highest BCUT2D eigenvalue weighted by Crippen LogP contribution is 2.21. The summed E-state index contributed by atoms with van der Waals surface area (Å²) in [5.74, 6) is 0.170. The normalized spacial score (nSPS) is 12.7. The molecule has 0 aromatic carbocycles. The molecule has 0 fully saturated rings. The van der Waals surface area contributed by atoms with E-state index in [0.717, 1.165) is 31.5 Å². The molecule has 1 unspecified atom stereocenters. The lowest BCUT2D eigenvalue weighted by Crippen LogP contribution is -2.22. The van der Waals surface area contributed by atoms with Crippen LogP contribution in [0, 0.1) is 5.92 Å². The van der Waals surface area contributed by atoms with E-state index in [1.807, 2.05) is 19.2 Å². The van der Waals surface area contributed by atoms with E-state index in [1.54, 1.807) is 0 Å². The van der Waals surface area contributed by atoms with Crippen LogP contribution in [0.4, 0.5) is 5.13 Å². The quantitative estimate of drug-likeness (QED) is 0.766. The molecule has 0 bridgehead atoms. The van der Waals surface area contributed by atoms with E-state index >= 15 is 0 Å². The molecule has 1 heterocycles. The highest BCUT2D eigenvalue weighted by molar-refractivity contribution is 7.13. The largest absolute Gasteiger partial charge is 0.309 e. The van der Waals surface area contributed by atoms with Crippen LogP contribution in [0.25, 0.3) is 0 Å². The summed E-state index contributed by atoms with van der Waals surface area (Å²) in [6.07, 6.45) is 2.84. The Bertz CT molecular complexity index is 388. The molecule has 0 aliphatic carbocycles. The minimum atomic E-state index is 0.0834. The molecule has 0 aliphatic rings. The third-order valence-corrected chi connectivity index (χ3v) is 4.03. The number of hydrogen-bond acceptors (Lipinski definition) is 4. The van der Waals surface area contributed by atoms with Gasteiger partial charge in [-0.3, -0.25) is 4.79 Å². The number of aromatic nitrogens is 1. The maximum absolute atomic E-state index is 12.0. The van der Waals surface area contributed by atoms with E-state index in [0.29, 0.717) is 5.13 Å². The number of carbonyl (C=O) groups is 1. The zero-order chi connectivity index (χ0) is 14.3. The number of thiazole rings is 1. The topological polar surface area (TPSA) is 54.0 Å². The minimum absolute atomic E-state index is 0.0834. The molecule has 108 valence electrons. The van der Waals surface area contributed by atoms with Crippen LogP contribution < -0.4 is 10.6 Å². The molecule has 5 heteroatoms. The standard InChI is InChI=1S/C14H25N3OS/c1-5-8-15-10(4)12-9-19-14(16-12)17-13(18)11(6-2)7-3/h9-11,15H,5-8H2,1-4H3,(H,16,17,18). The van der Waals surface area contributed by atoms with Crippen molar-refractivity contribution in [3.8, 4) is 0 Å². The molecule has 2 N–H and O–H groups in total. The van der Waals surface area contributed by atoms with Crippen molar-refractivity contribution in [2.45, 2.75) is 53.0 Å². The first-order valence-corrected chi connectivity index (χ1v) is 7.99. The first kappa shape index (κ1) is 16.1. The van der Waals surface area contributed by atoms with Gasteiger partial charge in [0.2, 0.25) is 5.91 Å². The lowest BCUT2D eigenvalue weighted by molar-refractivity contribution is -0.120. The van der Waals surface area contributed by atoms with Gasteiger partial charge < -0.3 is 10.6 Å². The van der Waals surface area contributed by atoms with Crippen LogP contribution in [0.3, 0.4) is 0 Å². The summed E-state index contributed by atoms with van der Waals surface area (Å²) >= 11 is 1.49. The highest BCUT2D eigenvalue weighted by atomic mass is 32.1. The summed E-state index contributed by atoms with van der Waals surface area (Å²) in [6, 6.07) is 0.231. The van der Waals surface area contributed by atoms with Crippen molar-refractivity contribution >= 4 is 22.4 Å². The number of nitrogens with zero attached hydrogens (tertiary/aromatic N) is 1. The van der Waals surface area contributed by atoms with Gasteiger partial charge in [0.1, 0.15) is 0 Å². The van der Waals surface area contributed by atoms with Crippen LogP contribution in [0.15, 0.2) is 5.38 Å². The van der Waals surface area contributed by atoms with Gasteiger partial charge in [0.05, 0.1) is 5.69 Å². The molecule has 0 saturated carbocycles. The minimum Gasteiger partial charge on any atom is -0.309 e. The van der Waals surface area contributed by atoms with Gasteiger partial charge in [0.25, 0.3) is 0 Å². The lowest BCUT2D eigenvalue weighted by Gasteiger charge is -2.11. The van der Waals surface area contributed by atoms with Crippen molar-refractivity contribution in [1.82, 2.24) is 10.3 Å². The highest BCUT2D eigenvalue weighted by Gasteiger charge is 2.16. The Balaban J connectivity index is 2.57. The third-order valence-electron chi connectivity index (χ3n) is 3.25. The van der Waals surface area contributed by atoms with Crippen molar-refractivity contribution in [2.24, 2.45) is 5.92 Å². The Labute approximate surface area is 120 Å². The van der Waals surface area contributed by atoms with Crippen LogP contribution in [0.2, 0.25) is 0 Å². The van der Waals surface area contributed by atoms with Crippen LogP contribution in [-0.4, -0.2) is 17.4 Å². The molecule has 0 radical (unpaired) electrons. The molecule has 0 spiro atoms. The third kappa shape index (κ3) is 4.91. The summed E-state index contributed by atoms with van der Waals surface area (Å²) in [5, 5.41) is 9.02. The first-order chi connectivity index (χ1) is 9.12. The predicted molar refractivity (Wildman–Crippen MR) is 81.5 cm³/mol. The predicted octanol–water partition coefficient (Wildman–Crippen LogP) is 3.58. The van der Waals surface area contributed by atoms with Gasteiger partial charge in [0.15, 0.2) is 5.13 Å². The summed E-state index contributed by atoms with van der Waals surface area (Å²) in [7, 11) is 0. The zero-order valence-electron chi connectivity index (χ0n) is 12.3. The van der Waals surface area contributed by atoms with Gasteiger partial charge in [0, 0.05) is 17.3 Å². The molecule has 1 aromatic rings. The average Bonchev–Trinajstić information content (AvgIpc) is 2.86. The Morgan fingerprint density at radius 1 is 1.37 bits per heavy atom. The second-order valence-corrected chi connectivity index (χ2v) is 5.61. The van der Waals surface area contributed by atoms with E-state index in [1.165, 1.54) is 11.3 Å². The van der Waals surface area contributed by atoms with Crippen molar-refractivity contribution in [3.63, 3.8) is 0 Å². The number of hydrogen-bond donors (Lipinski definition) is 2. The Morgan fingerprint density at radius 2 is 2.05 bits per heavy atom. The SMILES string of the molecule is CCCNC(C)c1csc(NC(=O)C(CC)CC)n1. The summed E-state index contributed by atoms with van der Waals surface area (Å²) in [4.78, 5) is 16.4. The van der Waals surface area contributed by atoms with Gasteiger partial charge in [-0.2, -0.15) is 0 Å². The molecule has 1 atom stereocenters. The molecule has 0 saturated heterocycles. The molecule has 0 aliphatic heterocycles. The van der Waals surface area contributed by atoms with Gasteiger partial charge in [-0.05, 0) is 32.7 Å². The van der Waals surface area contributed by atoms with Gasteiger partial charge in [-0.1, -0.05) is 20.8 Å². The maximum Gasteiger partial charge on any atom is 0.229 e. The second-order valence-electron chi connectivity index (χ2n) is 4.76. The Kier molecular flexibility index (Phi) is 7.02. The average molecular weight is 283 g/mol.